The molecule has 1 aliphatic rings. The van der Waals surface area contributed by atoms with E-state index >= 15 is 0 Å². The Kier molecular flexibility index (Phi) is 1.97. The summed E-state index contributed by atoms with van der Waals surface area (Å²) in [6, 6.07) is 0.175. The zero-order valence-corrected chi connectivity index (χ0v) is 7.20. The predicted octanol–water partition coefficient (Wildman–Crippen LogP) is -0.464. The van der Waals surface area contributed by atoms with Crippen LogP contribution in [0.4, 0.5) is 6.01 Å². The number of nitrogens with one attached hydrogen (secondary N) is 2. The largest absolute Gasteiger partial charge is 0.408 e. The summed E-state index contributed by atoms with van der Waals surface area (Å²) in [4.78, 5) is 11.3. The Balaban J connectivity index is 1.93. The molecular formula is C7H10N4O2. The fourth-order valence-electron chi connectivity index (χ4n) is 1.03. The first-order chi connectivity index (χ1) is 6.25. The number of anilines is 1. The van der Waals surface area contributed by atoms with Crippen molar-refractivity contribution in [3.8, 4) is 0 Å². The number of amides is 1. The maximum atomic E-state index is 11.3. The van der Waals surface area contributed by atoms with Crippen LogP contribution in [-0.4, -0.2) is 29.2 Å². The van der Waals surface area contributed by atoms with Crippen molar-refractivity contribution < 1.29 is 9.21 Å². The molecule has 70 valence electrons. The van der Waals surface area contributed by atoms with E-state index in [4.69, 9.17) is 4.42 Å². The quantitative estimate of drug-likeness (QED) is 0.646. The molecule has 1 fully saturated rings. The molecule has 2 rings (SSSR count). The summed E-state index contributed by atoms with van der Waals surface area (Å²) >= 11 is 0. The highest BCUT2D eigenvalue weighted by atomic mass is 16.4. The van der Waals surface area contributed by atoms with Crippen LogP contribution in [-0.2, 0) is 4.79 Å². The number of aromatic nitrogens is 2. The van der Waals surface area contributed by atoms with Gasteiger partial charge in [-0.05, 0) is 0 Å². The smallest absolute Gasteiger partial charge is 0.322 e. The molecule has 1 aliphatic heterocycles. The highest BCUT2D eigenvalue weighted by molar-refractivity contribution is 5.91. The van der Waals surface area contributed by atoms with E-state index in [-0.39, 0.29) is 17.8 Å². The van der Waals surface area contributed by atoms with Gasteiger partial charge < -0.3 is 9.73 Å². The summed E-state index contributed by atoms with van der Waals surface area (Å²) in [5.74, 6) is 0.414. The summed E-state index contributed by atoms with van der Waals surface area (Å²) < 4.78 is 5.00. The van der Waals surface area contributed by atoms with E-state index in [2.05, 4.69) is 20.8 Å². The van der Waals surface area contributed by atoms with Crippen LogP contribution in [0.1, 0.15) is 5.89 Å². The van der Waals surface area contributed by atoms with Gasteiger partial charge in [0.2, 0.25) is 11.8 Å². The predicted molar refractivity (Wildman–Crippen MR) is 44.0 cm³/mol. The zero-order valence-electron chi connectivity index (χ0n) is 7.20. The molecule has 6 nitrogen and oxygen atoms in total. The van der Waals surface area contributed by atoms with Gasteiger partial charge in [0, 0.05) is 20.0 Å². The van der Waals surface area contributed by atoms with Gasteiger partial charge in [0.25, 0.3) is 0 Å². The molecule has 1 aromatic heterocycles. The Morgan fingerprint density at radius 3 is 2.85 bits per heavy atom. The molecule has 0 aliphatic carbocycles. The molecule has 6 heteroatoms. The summed E-state index contributed by atoms with van der Waals surface area (Å²) in [5, 5.41) is 12.8. The molecule has 0 bridgehead atoms. The molecule has 0 unspecified atom stereocenters. The van der Waals surface area contributed by atoms with Crippen LogP contribution in [0, 0.1) is 12.8 Å². The van der Waals surface area contributed by atoms with E-state index in [1.165, 1.54) is 0 Å². The van der Waals surface area contributed by atoms with Crippen molar-refractivity contribution in [1.29, 1.82) is 0 Å². The summed E-state index contributed by atoms with van der Waals surface area (Å²) in [6.07, 6.45) is 0. The average molecular weight is 182 g/mol. The second-order valence-corrected chi connectivity index (χ2v) is 2.97. The molecule has 0 atom stereocenters. The first-order valence-corrected chi connectivity index (χ1v) is 4.07. The number of aryl methyl sites for hydroxylation is 1. The summed E-state index contributed by atoms with van der Waals surface area (Å²) in [5.41, 5.74) is 0. The third kappa shape index (κ3) is 1.67. The molecule has 1 aromatic rings. The molecule has 0 spiro atoms. The average Bonchev–Trinajstić information content (AvgIpc) is 2.31. The third-order valence-corrected chi connectivity index (χ3v) is 1.91. The van der Waals surface area contributed by atoms with Crippen molar-refractivity contribution in [2.24, 2.45) is 5.92 Å². The molecule has 0 aromatic carbocycles. The monoisotopic (exact) mass is 182 g/mol. The molecule has 2 heterocycles. The van der Waals surface area contributed by atoms with Crippen LogP contribution in [0.5, 0.6) is 0 Å². The number of carbonyl (C=O) groups is 1. The Labute approximate surface area is 74.7 Å². The van der Waals surface area contributed by atoms with Crippen molar-refractivity contribution in [3.05, 3.63) is 5.89 Å². The summed E-state index contributed by atoms with van der Waals surface area (Å²) in [6.45, 7) is 3.12. The first kappa shape index (κ1) is 8.18. The lowest BCUT2D eigenvalue weighted by atomic mass is 10.0. The van der Waals surface area contributed by atoms with E-state index in [0.717, 1.165) is 13.1 Å². The minimum absolute atomic E-state index is 0.0345. The van der Waals surface area contributed by atoms with Gasteiger partial charge in [-0.15, -0.1) is 5.10 Å². The first-order valence-electron chi connectivity index (χ1n) is 4.07. The van der Waals surface area contributed by atoms with Crippen molar-refractivity contribution >= 4 is 11.9 Å². The maximum absolute atomic E-state index is 11.3. The normalized spacial score (nSPS) is 16.7. The van der Waals surface area contributed by atoms with Crippen LogP contribution in [0.25, 0.3) is 0 Å². The molecule has 0 radical (unpaired) electrons. The van der Waals surface area contributed by atoms with Gasteiger partial charge in [0.1, 0.15) is 0 Å². The Hall–Kier alpha value is -1.43. The fourth-order valence-corrected chi connectivity index (χ4v) is 1.03. The van der Waals surface area contributed by atoms with Crippen LogP contribution in [0.2, 0.25) is 0 Å². The van der Waals surface area contributed by atoms with Gasteiger partial charge in [-0.2, -0.15) is 0 Å². The van der Waals surface area contributed by atoms with E-state index < -0.39 is 0 Å². The van der Waals surface area contributed by atoms with Gasteiger partial charge in [0.15, 0.2) is 0 Å². The molecule has 1 saturated heterocycles. The second-order valence-electron chi connectivity index (χ2n) is 2.97. The van der Waals surface area contributed by atoms with Gasteiger partial charge in [-0.25, -0.2) is 0 Å². The van der Waals surface area contributed by atoms with Crippen molar-refractivity contribution in [2.45, 2.75) is 6.92 Å². The minimum atomic E-state index is -0.0672. The zero-order chi connectivity index (χ0) is 9.26. The lowest BCUT2D eigenvalue weighted by Crippen LogP contribution is -2.48. The topological polar surface area (TPSA) is 80.0 Å². The molecule has 2 N–H and O–H groups in total. The van der Waals surface area contributed by atoms with Crippen LogP contribution >= 0.6 is 0 Å². The van der Waals surface area contributed by atoms with Crippen LogP contribution in [0.3, 0.4) is 0 Å². The number of carbonyl (C=O) groups excluding carboxylic acids is 1. The maximum Gasteiger partial charge on any atom is 0.322 e. The molecule has 0 saturated carbocycles. The van der Waals surface area contributed by atoms with Crippen molar-refractivity contribution in [1.82, 2.24) is 15.5 Å². The van der Waals surface area contributed by atoms with Gasteiger partial charge in [-0.1, -0.05) is 5.10 Å². The second kappa shape index (κ2) is 3.14. The standard InChI is InChI=1S/C7H10N4O2/c1-4-10-11-7(13-4)9-6(12)5-2-8-3-5/h5,8H,2-3H2,1H3,(H,9,11,12). The lowest BCUT2D eigenvalue weighted by molar-refractivity contribution is -0.121. The van der Waals surface area contributed by atoms with E-state index in [1.54, 1.807) is 6.92 Å². The lowest BCUT2D eigenvalue weighted by Gasteiger charge is -2.24. The van der Waals surface area contributed by atoms with E-state index in [0.29, 0.717) is 5.89 Å². The van der Waals surface area contributed by atoms with E-state index in [9.17, 15) is 4.79 Å². The minimum Gasteiger partial charge on any atom is -0.408 e. The van der Waals surface area contributed by atoms with Crippen molar-refractivity contribution in [2.75, 3.05) is 18.4 Å². The van der Waals surface area contributed by atoms with Gasteiger partial charge in [0.05, 0.1) is 5.92 Å². The molecule has 1 amide bonds. The molecule has 13 heavy (non-hydrogen) atoms. The van der Waals surface area contributed by atoms with Crippen LogP contribution < -0.4 is 10.6 Å². The number of nitrogens with zero attached hydrogens (tertiary/aromatic N) is 2. The SMILES string of the molecule is Cc1nnc(NC(=O)C2CNC2)o1. The fraction of sp³-hybridized carbons (Fsp3) is 0.571. The molecular weight excluding hydrogens is 172 g/mol. The Bertz CT molecular complexity index is 318. The Morgan fingerprint density at radius 1 is 1.62 bits per heavy atom. The third-order valence-electron chi connectivity index (χ3n) is 1.91. The number of hydrogen-bond donors (Lipinski definition) is 2. The highest BCUT2D eigenvalue weighted by Crippen LogP contribution is 2.08. The van der Waals surface area contributed by atoms with Crippen molar-refractivity contribution in [3.63, 3.8) is 0 Å². The van der Waals surface area contributed by atoms with Crippen LogP contribution in [0.15, 0.2) is 4.42 Å². The number of hydrogen-bond acceptors (Lipinski definition) is 5. The van der Waals surface area contributed by atoms with Gasteiger partial charge >= 0.3 is 6.01 Å². The highest BCUT2D eigenvalue weighted by Gasteiger charge is 2.25. The van der Waals surface area contributed by atoms with Gasteiger partial charge in [-0.3, -0.25) is 10.1 Å². The Morgan fingerprint density at radius 2 is 2.38 bits per heavy atom. The van der Waals surface area contributed by atoms with E-state index in [1.807, 2.05) is 0 Å². The summed E-state index contributed by atoms with van der Waals surface area (Å²) in [7, 11) is 0. The number of rotatable bonds is 2.